The summed E-state index contributed by atoms with van der Waals surface area (Å²) in [6.45, 7) is 3.05. The first-order valence-corrected chi connectivity index (χ1v) is 7.49. The molecule has 1 aromatic heterocycles. The average molecular weight is 319 g/mol. The van der Waals surface area contributed by atoms with E-state index in [2.05, 4.69) is 9.88 Å². The Balaban J connectivity index is 0.00000200. The number of likely N-dealkylation sites (tertiary alicyclic amines) is 1. The predicted molar refractivity (Wildman–Crippen MR) is 85.1 cm³/mol. The van der Waals surface area contributed by atoms with Gasteiger partial charge in [-0.1, -0.05) is 0 Å². The molecule has 2 N–H and O–H groups in total. The Morgan fingerprint density at radius 3 is 2.65 bits per heavy atom. The van der Waals surface area contributed by atoms with Crippen LogP contribution in [0.25, 0.3) is 0 Å². The minimum atomic E-state index is 0. The Kier molecular flexibility index (Phi) is 6.71. The van der Waals surface area contributed by atoms with Gasteiger partial charge in [-0.05, 0) is 31.8 Å². The van der Waals surface area contributed by atoms with Gasteiger partial charge in [-0.25, -0.2) is 4.98 Å². The zero-order valence-electron chi connectivity index (χ0n) is 12.0. The first kappa shape index (κ1) is 17.2. The van der Waals surface area contributed by atoms with Crippen molar-refractivity contribution < 1.29 is 4.79 Å². The van der Waals surface area contributed by atoms with Crippen molar-refractivity contribution in [2.75, 3.05) is 32.9 Å². The number of nitrogens with two attached hydrogens (primary N) is 1. The van der Waals surface area contributed by atoms with Crippen LogP contribution in [0.3, 0.4) is 0 Å². The van der Waals surface area contributed by atoms with E-state index < -0.39 is 0 Å². The number of rotatable bonds is 4. The molecule has 1 fully saturated rings. The Morgan fingerprint density at radius 2 is 2.15 bits per heavy atom. The van der Waals surface area contributed by atoms with Crippen molar-refractivity contribution in [2.45, 2.75) is 25.8 Å². The van der Waals surface area contributed by atoms with Crippen molar-refractivity contribution in [1.29, 1.82) is 0 Å². The molecule has 0 spiro atoms. The van der Waals surface area contributed by atoms with Gasteiger partial charge < -0.3 is 10.6 Å². The monoisotopic (exact) mass is 318 g/mol. The smallest absolute Gasteiger partial charge is 0.222 e. The number of carbonyl (C=O) groups excluding carboxylic acids is 1. The number of carbonyl (C=O) groups is 1. The van der Waals surface area contributed by atoms with Crippen LogP contribution in [-0.4, -0.2) is 47.9 Å². The van der Waals surface area contributed by atoms with E-state index >= 15 is 0 Å². The summed E-state index contributed by atoms with van der Waals surface area (Å²) in [4.78, 5) is 21.1. The highest BCUT2D eigenvalue weighted by atomic mass is 35.5. The van der Waals surface area contributed by atoms with E-state index in [4.69, 9.17) is 5.73 Å². The number of nitrogen functional groups attached to an aromatic ring is 1. The van der Waals surface area contributed by atoms with Crippen LogP contribution in [0.15, 0.2) is 6.20 Å². The fraction of sp³-hybridized carbons (Fsp3) is 0.692. The molecule has 0 unspecified atom stereocenters. The molecule has 1 aliphatic heterocycles. The number of hydrogen-bond donors (Lipinski definition) is 1. The molecular formula is C13H23ClN4OS. The van der Waals surface area contributed by atoms with E-state index in [9.17, 15) is 4.79 Å². The molecule has 20 heavy (non-hydrogen) atoms. The van der Waals surface area contributed by atoms with E-state index in [0.717, 1.165) is 32.5 Å². The van der Waals surface area contributed by atoms with E-state index in [1.807, 2.05) is 20.3 Å². The minimum absolute atomic E-state index is 0. The second-order valence-electron chi connectivity index (χ2n) is 5.38. The van der Waals surface area contributed by atoms with Crippen LogP contribution in [0.4, 0.5) is 5.13 Å². The highest BCUT2D eigenvalue weighted by Gasteiger charge is 2.22. The molecular weight excluding hydrogens is 296 g/mol. The quantitative estimate of drug-likeness (QED) is 0.920. The van der Waals surface area contributed by atoms with Crippen LogP contribution in [0.5, 0.6) is 0 Å². The number of aromatic nitrogens is 1. The van der Waals surface area contributed by atoms with Gasteiger partial charge in [0.25, 0.3) is 0 Å². The van der Waals surface area contributed by atoms with Gasteiger partial charge in [0, 0.05) is 38.1 Å². The highest BCUT2D eigenvalue weighted by Crippen LogP contribution is 2.24. The lowest BCUT2D eigenvalue weighted by atomic mass is 9.93. The minimum Gasteiger partial charge on any atom is -0.375 e. The van der Waals surface area contributed by atoms with Crippen molar-refractivity contribution in [3.8, 4) is 0 Å². The molecule has 0 bridgehead atoms. The molecule has 1 aliphatic rings. The molecule has 0 aromatic carbocycles. The maximum Gasteiger partial charge on any atom is 0.222 e. The topological polar surface area (TPSA) is 62.5 Å². The first-order valence-electron chi connectivity index (χ1n) is 6.67. The second kappa shape index (κ2) is 7.81. The SMILES string of the molecule is CN(C)C(=O)CC1CCN(Cc2cnc(N)s2)CC1.Cl. The van der Waals surface area contributed by atoms with E-state index in [1.54, 1.807) is 16.2 Å². The number of nitrogens with zero attached hydrogens (tertiary/aromatic N) is 3. The number of hydrogen-bond acceptors (Lipinski definition) is 5. The van der Waals surface area contributed by atoms with Crippen LogP contribution in [0.1, 0.15) is 24.1 Å². The van der Waals surface area contributed by atoms with Gasteiger partial charge in [0.05, 0.1) is 0 Å². The molecule has 2 heterocycles. The standard InChI is InChI=1S/C13H22N4OS.ClH/c1-16(2)12(18)7-10-3-5-17(6-4-10)9-11-8-15-13(14)19-11;/h8,10H,3-7,9H2,1-2H3,(H2,14,15);1H. The van der Waals surface area contributed by atoms with Crippen LogP contribution in [-0.2, 0) is 11.3 Å². The molecule has 0 atom stereocenters. The summed E-state index contributed by atoms with van der Waals surface area (Å²) in [7, 11) is 3.65. The molecule has 0 saturated carbocycles. The fourth-order valence-electron chi connectivity index (χ4n) is 2.39. The summed E-state index contributed by atoms with van der Waals surface area (Å²) >= 11 is 1.56. The van der Waals surface area contributed by atoms with Crippen molar-refractivity contribution >= 4 is 34.8 Å². The third-order valence-electron chi connectivity index (χ3n) is 3.62. The molecule has 114 valence electrons. The summed E-state index contributed by atoms with van der Waals surface area (Å²) in [5.74, 6) is 0.784. The zero-order chi connectivity index (χ0) is 13.8. The van der Waals surface area contributed by atoms with Crippen LogP contribution in [0.2, 0.25) is 0 Å². The van der Waals surface area contributed by atoms with Crippen LogP contribution < -0.4 is 5.73 Å². The van der Waals surface area contributed by atoms with Crippen molar-refractivity contribution in [1.82, 2.24) is 14.8 Å². The summed E-state index contributed by atoms with van der Waals surface area (Å²) in [5, 5.41) is 0.640. The van der Waals surface area contributed by atoms with Gasteiger partial charge in [0.15, 0.2) is 5.13 Å². The molecule has 0 radical (unpaired) electrons. The normalized spacial score (nSPS) is 16.7. The van der Waals surface area contributed by atoms with Crippen molar-refractivity contribution in [3.63, 3.8) is 0 Å². The lowest BCUT2D eigenvalue weighted by molar-refractivity contribution is -0.130. The van der Waals surface area contributed by atoms with Gasteiger partial charge in [-0.2, -0.15) is 0 Å². The molecule has 1 saturated heterocycles. The lowest BCUT2D eigenvalue weighted by Gasteiger charge is -2.31. The van der Waals surface area contributed by atoms with E-state index in [0.29, 0.717) is 17.5 Å². The largest absolute Gasteiger partial charge is 0.375 e. The Morgan fingerprint density at radius 1 is 1.50 bits per heavy atom. The summed E-state index contributed by atoms with van der Waals surface area (Å²) < 4.78 is 0. The predicted octanol–water partition coefficient (Wildman–Crippen LogP) is 1.84. The molecule has 0 aliphatic carbocycles. The van der Waals surface area contributed by atoms with Gasteiger partial charge in [0.1, 0.15) is 0 Å². The van der Waals surface area contributed by atoms with Gasteiger partial charge in [-0.3, -0.25) is 9.69 Å². The lowest BCUT2D eigenvalue weighted by Crippen LogP contribution is -2.35. The van der Waals surface area contributed by atoms with Crippen LogP contribution in [0, 0.1) is 5.92 Å². The maximum absolute atomic E-state index is 11.7. The summed E-state index contributed by atoms with van der Waals surface area (Å²) in [6.07, 6.45) is 4.76. The number of piperidine rings is 1. The average Bonchev–Trinajstić information content (AvgIpc) is 2.77. The number of anilines is 1. The molecule has 1 aromatic rings. The van der Waals surface area contributed by atoms with E-state index in [1.165, 1.54) is 4.88 Å². The first-order chi connectivity index (χ1) is 9.04. The summed E-state index contributed by atoms with van der Waals surface area (Å²) in [6, 6.07) is 0. The Hall–Kier alpha value is -0.850. The number of halogens is 1. The number of amides is 1. The van der Waals surface area contributed by atoms with Gasteiger partial charge >= 0.3 is 0 Å². The van der Waals surface area contributed by atoms with E-state index in [-0.39, 0.29) is 18.3 Å². The van der Waals surface area contributed by atoms with Crippen molar-refractivity contribution in [3.05, 3.63) is 11.1 Å². The zero-order valence-corrected chi connectivity index (χ0v) is 13.7. The highest BCUT2D eigenvalue weighted by molar-refractivity contribution is 7.15. The fourth-order valence-corrected chi connectivity index (χ4v) is 3.12. The Labute approximate surface area is 130 Å². The Bertz CT molecular complexity index is 430. The molecule has 7 heteroatoms. The third kappa shape index (κ3) is 4.92. The summed E-state index contributed by atoms with van der Waals surface area (Å²) in [5.41, 5.74) is 5.64. The molecule has 1 amide bonds. The number of thiazole rings is 1. The van der Waals surface area contributed by atoms with Crippen LogP contribution >= 0.6 is 23.7 Å². The molecule has 5 nitrogen and oxygen atoms in total. The van der Waals surface area contributed by atoms with Gasteiger partial charge in [-0.15, -0.1) is 23.7 Å². The maximum atomic E-state index is 11.7. The van der Waals surface area contributed by atoms with Crippen molar-refractivity contribution in [2.24, 2.45) is 5.92 Å². The van der Waals surface area contributed by atoms with Gasteiger partial charge in [0.2, 0.25) is 5.91 Å². The molecule has 2 rings (SSSR count). The third-order valence-corrected chi connectivity index (χ3v) is 4.43. The second-order valence-corrected chi connectivity index (χ2v) is 6.52.